The fourth-order valence-electron chi connectivity index (χ4n) is 1.61. The predicted molar refractivity (Wildman–Crippen MR) is 67.8 cm³/mol. The molecule has 0 radical (unpaired) electrons. The normalized spacial score (nSPS) is 10.5. The van der Waals surface area contributed by atoms with Crippen LogP contribution in [-0.2, 0) is 4.74 Å². The van der Waals surface area contributed by atoms with Crippen molar-refractivity contribution in [1.82, 2.24) is 9.78 Å². The number of ketones is 1. The molecule has 0 bridgehead atoms. The molecule has 0 aliphatic carbocycles. The zero-order valence-electron chi connectivity index (χ0n) is 9.95. The van der Waals surface area contributed by atoms with Crippen molar-refractivity contribution in [3.8, 4) is 5.69 Å². The first-order chi connectivity index (χ1) is 8.83. The molecule has 0 amide bonds. The van der Waals surface area contributed by atoms with E-state index >= 15 is 0 Å². The number of Topliss-reactive ketones (excluding diaryl/α,β-unsaturated/α-hetero) is 1. The van der Waals surface area contributed by atoms with Gasteiger partial charge >= 0.3 is 0 Å². The Morgan fingerprint density at radius 1 is 1.28 bits per heavy atom. The number of rotatable bonds is 6. The van der Waals surface area contributed by atoms with E-state index in [1.54, 1.807) is 16.9 Å². The summed E-state index contributed by atoms with van der Waals surface area (Å²) >= 11 is 0. The lowest BCUT2D eigenvalue weighted by molar-refractivity contribution is 0.0766. The molecule has 5 nitrogen and oxygen atoms in total. The highest BCUT2D eigenvalue weighted by Gasteiger charge is 2.13. The largest absolute Gasteiger partial charge is 0.372 e. The molecule has 2 rings (SSSR count). The van der Waals surface area contributed by atoms with E-state index < -0.39 is 0 Å². The van der Waals surface area contributed by atoms with E-state index in [0.29, 0.717) is 18.8 Å². The number of hydrogen-bond donors (Lipinski definition) is 1. The van der Waals surface area contributed by atoms with Gasteiger partial charge in [0.25, 0.3) is 0 Å². The van der Waals surface area contributed by atoms with Crippen molar-refractivity contribution in [2.75, 3.05) is 19.8 Å². The summed E-state index contributed by atoms with van der Waals surface area (Å²) < 4.78 is 6.75. The molecular formula is C13H15N3O2. The van der Waals surface area contributed by atoms with Gasteiger partial charge in [0.2, 0.25) is 5.78 Å². The average Bonchev–Trinajstić information content (AvgIpc) is 2.89. The molecular weight excluding hydrogens is 230 g/mol. The van der Waals surface area contributed by atoms with E-state index in [-0.39, 0.29) is 12.4 Å². The summed E-state index contributed by atoms with van der Waals surface area (Å²) in [6, 6.07) is 11.2. The molecule has 1 aromatic carbocycles. The summed E-state index contributed by atoms with van der Waals surface area (Å²) in [6.07, 6.45) is 1.60. The Morgan fingerprint density at radius 3 is 2.78 bits per heavy atom. The number of ether oxygens (including phenoxy) is 1. The standard InChI is InChI=1S/C13H15N3O2/c14-7-9-18-10-13(17)12-6-8-15-16(12)11-4-2-1-3-5-11/h1-6,8H,7,9-10,14H2. The van der Waals surface area contributed by atoms with E-state index in [1.807, 2.05) is 30.3 Å². The number of nitrogens with zero attached hydrogens (tertiary/aromatic N) is 2. The molecule has 2 N–H and O–H groups in total. The molecule has 94 valence electrons. The second kappa shape index (κ2) is 6.09. The minimum absolute atomic E-state index is 0.0235. The van der Waals surface area contributed by atoms with Gasteiger partial charge in [-0.3, -0.25) is 4.79 Å². The number of benzene rings is 1. The maximum absolute atomic E-state index is 11.9. The van der Waals surface area contributed by atoms with Crippen LogP contribution in [0.15, 0.2) is 42.6 Å². The minimum atomic E-state index is -0.107. The smallest absolute Gasteiger partial charge is 0.206 e. The first-order valence-electron chi connectivity index (χ1n) is 5.73. The van der Waals surface area contributed by atoms with Crippen LogP contribution >= 0.6 is 0 Å². The van der Waals surface area contributed by atoms with E-state index in [2.05, 4.69) is 5.10 Å². The number of nitrogens with two attached hydrogens (primary N) is 1. The molecule has 1 heterocycles. The van der Waals surface area contributed by atoms with Crippen molar-refractivity contribution in [1.29, 1.82) is 0 Å². The van der Waals surface area contributed by atoms with Crippen LogP contribution in [0.2, 0.25) is 0 Å². The van der Waals surface area contributed by atoms with E-state index in [0.717, 1.165) is 5.69 Å². The van der Waals surface area contributed by atoms with E-state index in [9.17, 15) is 4.79 Å². The quantitative estimate of drug-likeness (QED) is 0.609. The van der Waals surface area contributed by atoms with Gasteiger partial charge in [-0.25, -0.2) is 4.68 Å². The van der Waals surface area contributed by atoms with E-state index in [1.165, 1.54) is 0 Å². The highest BCUT2D eigenvalue weighted by molar-refractivity contribution is 5.96. The monoisotopic (exact) mass is 245 g/mol. The predicted octanol–water partition coefficient (Wildman–Crippen LogP) is 1.03. The average molecular weight is 245 g/mol. The van der Waals surface area contributed by atoms with Gasteiger partial charge in [0.05, 0.1) is 18.5 Å². The highest BCUT2D eigenvalue weighted by Crippen LogP contribution is 2.10. The Labute approximate surface area is 105 Å². The van der Waals surface area contributed by atoms with Crippen LogP contribution in [-0.4, -0.2) is 35.3 Å². The number of aromatic nitrogens is 2. The van der Waals surface area contributed by atoms with Gasteiger partial charge in [0.15, 0.2) is 0 Å². The summed E-state index contributed by atoms with van der Waals surface area (Å²) in [4.78, 5) is 11.9. The zero-order valence-corrected chi connectivity index (χ0v) is 9.95. The van der Waals surface area contributed by atoms with Crippen LogP contribution in [0.5, 0.6) is 0 Å². The third kappa shape index (κ3) is 2.82. The van der Waals surface area contributed by atoms with Crippen LogP contribution in [0.1, 0.15) is 10.5 Å². The van der Waals surface area contributed by atoms with Gasteiger partial charge < -0.3 is 10.5 Å². The Kier molecular flexibility index (Phi) is 4.22. The van der Waals surface area contributed by atoms with Crippen LogP contribution < -0.4 is 5.73 Å². The fraction of sp³-hybridized carbons (Fsp3) is 0.231. The number of carbonyl (C=O) groups excluding carboxylic acids is 1. The number of para-hydroxylation sites is 1. The maximum Gasteiger partial charge on any atom is 0.206 e. The molecule has 0 fully saturated rings. The van der Waals surface area contributed by atoms with Gasteiger partial charge in [-0.2, -0.15) is 5.10 Å². The Balaban J connectivity index is 2.15. The fourth-order valence-corrected chi connectivity index (χ4v) is 1.61. The minimum Gasteiger partial charge on any atom is -0.372 e. The summed E-state index contributed by atoms with van der Waals surface area (Å²) in [7, 11) is 0. The molecule has 0 aliphatic rings. The molecule has 0 spiro atoms. The van der Waals surface area contributed by atoms with Crippen molar-refractivity contribution in [2.24, 2.45) is 5.73 Å². The van der Waals surface area contributed by atoms with Gasteiger partial charge in [0.1, 0.15) is 12.3 Å². The van der Waals surface area contributed by atoms with Crippen LogP contribution in [0.3, 0.4) is 0 Å². The summed E-state index contributed by atoms with van der Waals surface area (Å²) in [5.41, 5.74) is 6.66. The van der Waals surface area contributed by atoms with Gasteiger partial charge in [-0.15, -0.1) is 0 Å². The third-order valence-corrected chi connectivity index (χ3v) is 2.42. The van der Waals surface area contributed by atoms with E-state index in [4.69, 9.17) is 10.5 Å². The molecule has 1 aromatic heterocycles. The molecule has 18 heavy (non-hydrogen) atoms. The summed E-state index contributed by atoms with van der Waals surface area (Å²) in [5, 5.41) is 4.15. The molecule has 5 heteroatoms. The number of carbonyl (C=O) groups is 1. The maximum atomic E-state index is 11.9. The zero-order chi connectivity index (χ0) is 12.8. The Morgan fingerprint density at radius 2 is 2.06 bits per heavy atom. The van der Waals surface area contributed by atoms with Crippen LogP contribution in [0.4, 0.5) is 0 Å². The molecule has 0 saturated carbocycles. The van der Waals surface area contributed by atoms with Crippen molar-refractivity contribution in [2.45, 2.75) is 0 Å². The molecule has 0 aliphatic heterocycles. The van der Waals surface area contributed by atoms with Crippen molar-refractivity contribution in [3.05, 3.63) is 48.3 Å². The van der Waals surface area contributed by atoms with Gasteiger partial charge in [0, 0.05) is 6.54 Å². The second-order valence-corrected chi connectivity index (χ2v) is 3.73. The van der Waals surface area contributed by atoms with Crippen LogP contribution in [0, 0.1) is 0 Å². The van der Waals surface area contributed by atoms with Crippen molar-refractivity contribution < 1.29 is 9.53 Å². The molecule has 0 unspecified atom stereocenters. The summed E-state index contributed by atoms with van der Waals surface area (Å²) in [6.45, 7) is 0.812. The van der Waals surface area contributed by atoms with Crippen molar-refractivity contribution >= 4 is 5.78 Å². The molecule has 0 atom stereocenters. The van der Waals surface area contributed by atoms with Gasteiger partial charge in [-0.1, -0.05) is 18.2 Å². The Hall–Kier alpha value is -1.98. The third-order valence-electron chi connectivity index (χ3n) is 2.42. The topological polar surface area (TPSA) is 70.1 Å². The highest BCUT2D eigenvalue weighted by atomic mass is 16.5. The SMILES string of the molecule is NCCOCC(=O)c1ccnn1-c1ccccc1. The Bertz CT molecular complexity index is 508. The second-order valence-electron chi connectivity index (χ2n) is 3.73. The first-order valence-corrected chi connectivity index (χ1v) is 5.73. The lowest BCUT2D eigenvalue weighted by Crippen LogP contribution is -2.17. The van der Waals surface area contributed by atoms with Crippen LogP contribution in [0.25, 0.3) is 5.69 Å². The summed E-state index contributed by atoms with van der Waals surface area (Å²) in [5.74, 6) is -0.107. The van der Waals surface area contributed by atoms with Gasteiger partial charge in [-0.05, 0) is 18.2 Å². The number of hydrogen-bond acceptors (Lipinski definition) is 4. The lowest BCUT2D eigenvalue weighted by Gasteiger charge is -2.06. The first kappa shape index (κ1) is 12.5. The van der Waals surface area contributed by atoms with Crippen molar-refractivity contribution in [3.63, 3.8) is 0 Å². The lowest BCUT2D eigenvalue weighted by atomic mass is 10.2. The molecule has 0 saturated heterocycles. The molecule has 2 aromatic rings.